The SMILES string of the molecule is CCC(CO)Nc1ccnc2c(-c3ccsc3)cnn12. The molecule has 1 unspecified atom stereocenters. The standard InChI is InChI=1S/C14H16N4OS/c1-2-11(8-19)17-13-3-5-15-14-12(7-16-18(13)14)10-4-6-20-9-10/h3-7,9,11,17,19H,2,8H2,1H3. The van der Waals surface area contributed by atoms with Crippen molar-refractivity contribution in [3.63, 3.8) is 0 Å². The molecule has 3 heterocycles. The van der Waals surface area contributed by atoms with Crippen LogP contribution in [-0.4, -0.2) is 32.4 Å². The topological polar surface area (TPSA) is 62.5 Å². The molecule has 3 rings (SSSR count). The molecular formula is C14H16N4OS. The maximum Gasteiger partial charge on any atom is 0.165 e. The molecule has 3 aromatic rings. The van der Waals surface area contributed by atoms with Crippen molar-refractivity contribution in [3.05, 3.63) is 35.3 Å². The van der Waals surface area contributed by atoms with Gasteiger partial charge in [0.25, 0.3) is 0 Å². The van der Waals surface area contributed by atoms with E-state index < -0.39 is 0 Å². The summed E-state index contributed by atoms with van der Waals surface area (Å²) in [4.78, 5) is 4.42. The summed E-state index contributed by atoms with van der Waals surface area (Å²) in [6.45, 7) is 2.13. The van der Waals surface area contributed by atoms with E-state index >= 15 is 0 Å². The molecule has 0 aliphatic rings. The Bertz CT molecular complexity index is 688. The summed E-state index contributed by atoms with van der Waals surface area (Å²) in [7, 11) is 0. The van der Waals surface area contributed by atoms with Gasteiger partial charge in [-0.2, -0.15) is 21.0 Å². The van der Waals surface area contributed by atoms with Gasteiger partial charge < -0.3 is 10.4 Å². The first kappa shape index (κ1) is 13.1. The van der Waals surface area contributed by atoms with Crippen molar-refractivity contribution in [1.29, 1.82) is 0 Å². The summed E-state index contributed by atoms with van der Waals surface area (Å²) in [6, 6.07) is 3.95. The molecule has 3 aromatic heterocycles. The molecule has 0 aliphatic heterocycles. The number of nitrogens with zero attached hydrogens (tertiary/aromatic N) is 3. The molecule has 0 saturated heterocycles. The van der Waals surface area contributed by atoms with Gasteiger partial charge in [-0.15, -0.1) is 0 Å². The molecular weight excluding hydrogens is 272 g/mol. The van der Waals surface area contributed by atoms with E-state index in [9.17, 15) is 5.11 Å². The Morgan fingerprint density at radius 3 is 3.05 bits per heavy atom. The van der Waals surface area contributed by atoms with E-state index in [-0.39, 0.29) is 12.6 Å². The van der Waals surface area contributed by atoms with Crippen molar-refractivity contribution in [3.8, 4) is 11.1 Å². The van der Waals surface area contributed by atoms with E-state index in [1.807, 2.05) is 24.6 Å². The molecule has 0 fully saturated rings. The molecule has 6 heteroatoms. The molecule has 0 amide bonds. The van der Waals surface area contributed by atoms with Crippen molar-refractivity contribution in [2.45, 2.75) is 19.4 Å². The summed E-state index contributed by atoms with van der Waals surface area (Å²) in [6.07, 6.45) is 4.44. The van der Waals surface area contributed by atoms with Gasteiger partial charge in [-0.3, -0.25) is 0 Å². The number of aliphatic hydroxyl groups is 1. The van der Waals surface area contributed by atoms with Gasteiger partial charge in [0.15, 0.2) is 5.65 Å². The zero-order valence-corrected chi connectivity index (χ0v) is 12.0. The predicted molar refractivity (Wildman–Crippen MR) is 81.1 cm³/mol. The molecule has 0 spiro atoms. The maximum atomic E-state index is 9.31. The number of thiophene rings is 1. The third-order valence-electron chi connectivity index (χ3n) is 3.30. The van der Waals surface area contributed by atoms with Crippen LogP contribution in [0.5, 0.6) is 0 Å². The minimum Gasteiger partial charge on any atom is -0.394 e. The van der Waals surface area contributed by atoms with Crippen molar-refractivity contribution in [2.75, 3.05) is 11.9 Å². The molecule has 0 bridgehead atoms. The highest BCUT2D eigenvalue weighted by atomic mass is 32.1. The van der Waals surface area contributed by atoms with E-state index in [4.69, 9.17) is 0 Å². The third-order valence-corrected chi connectivity index (χ3v) is 3.98. The van der Waals surface area contributed by atoms with Crippen LogP contribution in [0.2, 0.25) is 0 Å². The van der Waals surface area contributed by atoms with Gasteiger partial charge in [0.1, 0.15) is 5.82 Å². The molecule has 20 heavy (non-hydrogen) atoms. The van der Waals surface area contributed by atoms with E-state index in [1.165, 1.54) is 0 Å². The molecule has 2 N–H and O–H groups in total. The lowest BCUT2D eigenvalue weighted by atomic mass is 10.2. The normalized spacial score (nSPS) is 12.7. The van der Waals surface area contributed by atoms with Crippen LogP contribution in [0.25, 0.3) is 16.8 Å². The fraction of sp³-hybridized carbons (Fsp3) is 0.286. The number of rotatable bonds is 5. The van der Waals surface area contributed by atoms with Crippen molar-refractivity contribution >= 4 is 22.8 Å². The number of fused-ring (bicyclic) bond motifs is 1. The lowest BCUT2D eigenvalue weighted by molar-refractivity contribution is 0.271. The van der Waals surface area contributed by atoms with Crippen LogP contribution in [0.1, 0.15) is 13.3 Å². The Kier molecular flexibility index (Phi) is 3.66. The molecule has 0 aromatic carbocycles. The summed E-state index contributed by atoms with van der Waals surface area (Å²) in [5.41, 5.74) is 2.97. The Balaban J connectivity index is 2.04. The second-order valence-electron chi connectivity index (χ2n) is 4.57. The first-order chi connectivity index (χ1) is 9.83. The molecule has 0 aliphatic carbocycles. The van der Waals surface area contributed by atoms with Crippen molar-refractivity contribution < 1.29 is 5.11 Å². The van der Waals surface area contributed by atoms with Crippen molar-refractivity contribution in [1.82, 2.24) is 14.6 Å². The highest BCUT2D eigenvalue weighted by Crippen LogP contribution is 2.26. The summed E-state index contributed by atoms with van der Waals surface area (Å²) >= 11 is 1.65. The molecule has 1 atom stereocenters. The van der Waals surface area contributed by atoms with Gasteiger partial charge in [0.05, 0.1) is 18.8 Å². The van der Waals surface area contributed by atoms with Crippen LogP contribution in [0.3, 0.4) is 0 Å². The van der Waals surface area contributed by atoms with E-state index in [0.29, 0.717) is 0 Å². The van der Waals surface area contributed by atoms with Crippen LogP contribution in [0.15, 0.2) is 35.3 Å². The van der Waals surface area contributed by atoms with Crippen LogP contribution in [0, 0.1) is 0 Å². The second kappa shape index (κ2) is 5.60. The predicted octanol–water partition coefficient (Wildman–Crippen LogP) is 2.64. The molecule has 104 valence electrons. The second-order valence-corrected chi connectivity index (χ2v) is 5.35. The largest absolute Gasteiger partial charge is 0.394 e. The Labute approximate surface area is 120 Å². The number of hydrogen-bond donors (Lipinski definition) is 2. The monoisotopic (exact) mass is 288 g/mol. The minimum absolute atomic E-state index is 0.0226. The number of aliphatic hydroxyl groups excluding tert-OH is 1. The van der Waals surface area contributed by atoms with Gasteiger partial charge in [0.2, 0.25) is 0 Å². The first-order valence-corrected chi connectivity index (χ1v) is 7.50. The van der Waals surface area contributed by atoms with E-state index in [2.05, 4.69) is 26.8 Å². The lowest BCUT2D eigenvalue weighted by Crippen LogP contribution is -2.24. The summed E-state index contributed by atoms with van der Waals surface area (Å²) < 4.78 is 1.78. The smallest absolute Gasteiger partial charge is 0.165 e. The summed E-state index contributed by atoms with van der Waals surface area (Å²) in [5, 5.41) is 21.1. The zero-order chi connectivity index (χ0) is 13.9. The molecule has 0 saturated carbocycles. The van der Waals surface area contributed by atoms with Gasteiger partial charge >= 0.3 is 0 Å². The Morgan fingerprint density at radius 2 is 2.35 bits per heavy atom. The first-order valence-electron chi connectivity index (χ1n) is 6.56. The number of hydrogen-bond acceptors (Lipinski definition) is 5. The van der Waals surface area contributed by atoms with Gasteiger partial charge in [-0.05, 0) is 34.9 Å². The highest BCUT2D eigenvalue weighted by molar-refractivity contribution is 7.08. The zero-order valence-electron chi connectivity index (χ0n) is 11.2. The lowest BCUT2D eigenvalue weighted by Gasteiger charge is -2.15. The summed E-state index contributed by atoms with van der Waals surface area (Å²) in [5.74, 6) is 0.845. The van der Waals surface area contributed by atoms with Crippen LogP contribution < -0.4 is 5.32 Å². The molecule has 5 nitrogen and oxygen atoms in total. The van der Waals surface area contributed by atoms with Gasteiger partial charge in [-0.25, -0.2) is 4.98 Å². The number of nitrogens with one attached hydrogen (secondary N) is 1. The fourth-order valence-electron chi connectivity index (χ4n) is 2.11. The third kappa shape index (κ3) is 2.28. The van der Waals surface area contributed by atoms with Crippen LogP contribution in [0.4, 0.5) is 5.82 Å². The van der Waals surface area contributed by atoms with E-state index in [1.54, 1.807) is 22.0 Å². The fourth-order valence-corrected chi connectivity index (χ4v) is 2.76. The van der Waals surface area contributed by atoms with Gasteiger partial charge in [0, 0.05) is 11.8 Å². The Hall–Kier alpha value is -1.92. The van der Waals surface area contributed by atoms with Gasteiger partial charge in [-0.1, -0.05) is 6.92 Å². The van der Waals surface area contributed by atoms with Crippen LogP contribution in [-0.2, 0) is 0 Å². The average molecular weight is 288 g/mol. The minimum atomic E-state index is 0.0226. The average Bonchev–Trinajstić information content (AvgIpc) is 3.13. The number of aromatic nitrogens is 3. The maximum absolute atomic E-state index is 9.31. The molecule has 0 radical (unpaired) electrons. The van der Waals surface area contributed by atoms with Crippen molar-refractivity contribution in [2.24, 2.45) is 0 Å². The Morgan fingerprint density at radius 1 is 1.45 bits per heavy atom. The number of anilines is 1. The highest BCUT2D eigenvalue weighted by Gasteiger charge is 2.12. The quantitative estimate of drug-likeness (QED) is 0.757. The van der Waals surface area contributed by atoms with Crippen LogP contribution >= 0.6 is 11.3 Å². The van der Waals surface area contributed by atoms with E-state index in [0.717, 1.165) is 29.0 Å².